The molecule has 35 heavy (non-hydrogen) atoms. The molecule has 5 rings (SSSR count). The lowest BCUT2D eigenvalue weighted by atomic mass is 9.74. The Balaban J connectivity index is 1.42. The summed E-state index contributed by atoms with van der Waals surface area (Å²) in [5.74, 6) is -0.518. The number of likely N-dealkylation sites (tertiary alicyclic amines) is 3. The van der Waals surface area contributed by atoms with Gasteiger partial charge in [0.25, 0.3) is 0 Å². The number of aromatic nitrogens is 1. The maximum Gasteiger partial charge on any atom is 0.241 e. The number of nitrogens with zero attached hydrogens (tertiary/aromatic N) is 4. The predicted molar refractivity (Wildman–Crippen MR) is 132 cm³/mol. The molecule has 2 aromatic rings. The molecule has 4 heterocycles. The van der Waals surface area contributed by atoms with Crippen molar-refractivity contribution in [1.82, 2.24) is 19.7 Å². The molecule has 3 aliphatic heterocycles. The molecule has 1 aromatic carbocycles. The van der Waals surface area contributed by atoms with Crippen LogP contribution in [0.25, 0.3) is 0 Å². The maximum atomic E-state index is 14.0. The Morgan fingerprint density at radius 2 is 1.77 bits per heavy atom. The highest BCUT2D eigenvalue weighted by atomic mass is 16.2. The van der Waals surface area contributed by atoms with Crippen LogP contribution in [0.2, 0.25) is 0 Å². The van der Waals surface area contributed by atoms with Gasteiger partial charge in [-0.25, -0.2) is 0 Å². The standard InChI is InChI=1S/C28H34N4O3/c1-3-30-14-10-27(19-30)11-15-31(20-27)24(33)16-28(23-7-5-4-6-21(23)2)17-25(34)32(26(28)35)18-22-8-12-29-13-9-22/h4-9,12-13H,3,10-11,14-20H2,1-2H3/t27-,28+/m1/s1. The number of amides is 3. The first-order valence-corrected chi connectivity index (χ1v) is 12.7. The first-order valence-electron chi connectivity index (χ1n) is 12.7. The third-order valence-corrected chi connectivity index (χ3v) is 8.37. The van der Waals surface area contributed by atoms with Gasteiger partial charge in [-0.2, -0.15) is 0 Å². The molecule has 3 fully saturated rings. The lowest BCUT2D eigenvalue weighted by Gasteiger charge is -2.31. The number of imide groups is 1. The fourth-order valence-electron chi connectivity index (χ4n) is 6.33. The summed E-state index contributed by atoms with van der Waals surface area (Å²) in [5, 5.41) is 0. The van der Waals surface area contributed by atoms with E-state index in [0.29, 0.717) is 0 Å². The minimum Gasteiger partial charge on any atom is -0.342 e. The van der Waals surface area contributed by atoms with E-state index in [1.165, 1.54) is 4.90 Å². The predicted octanol–water partition coefficient (Wildman–Crippen LogP) is 2.92. The van der Waals surface area contributed by atoms with Crippen LogP contribution in [0.15, 0.2) is 48.8 Å². The summed E-state index contributed by atoms with van der Waals surface area (Å²) < 4.78 is 0. The zero-order valence-electron chi connectivity index (χ0n) is 20.7. The van der Waals surface area contributed by atoms with E-state index >= 15 is 0 Å². The normalized spacial score (nSPS) is 26.9. The summed E-state index contributed by atoms with van der Waals surface area (Å²) >= 11 is 0. The van der Waals surface area contributed by atoms with Crippen molar-refractivity contribution in [2.45, 2.75) is 51.5 Å². The Bertz CT molecular complexity index is 1140. The second-order valence-electron chi connectivity index (χ2n) is 10.6. The van der Waals surface area contributed by atoms with E-state index in [1.54, 1.807) is 12.4 Å². The zero-order chi connectivity index (χ0) is 24.6. The summed E-state index contributed by atoms with van der Waals surface area (Å²) in [5.41, 5.74) is 1.57. The highest BCUT2D eigenvalue weighted by Crippen LogP contribution is 2.44. The van der Waals surface area contributed by atoms with E-state index in [0.717, 1.165) is 62.3 Å². The van der Waals surface area contributed by atoms with Gasteiger partial charge in [-0.1, -0.05) is 31.2 Å². The quantitative estimate of drug-likeness (QED) is 0.602. The summed E-state index contributed by atoms with van der Waals surface area (Å²) in [4.78, 5) is 50.7. The molecule has 2 atom stereocenters. The molecule has 0 radical (unpaired) electrons. The highest BCUT2D eigenvalue weighted by Gasteiger charge is 2.55. The zero-order valence-corrected chi connectivity index (χ0v) is 20.7. The first-order chi connectivity index (χ1) is 16.9. The fourth-order valence-corrected chi connectivity index (χ4v) is 6.33. The number of aryl methyl sites for hydroxylation is 1. The second-order valence-corrected chi connectivity index (χ2v) is 10.6. The topological polar surface area (TPSA) is 73.8 Å². The van der Waals surface area contributed by atoms with Crippen LogP contribution in [0.3, 0.4) is 0 Å². The van der Waals surface area contributed by atoms with E-state index in [9.17, 15) is 14.4 Å². The number of carbonyl (C=O) groups is 3. The molecule has 3 aliphatic rings. The monoisotopic (exact) mass is 474 g/mol. The van der Waals surface area contributed by atoms with Crippen LogP contribution in [0.4, 0.5) is 0 Å². The van der Waals surface area contributed by atoms with Gasteiger partial charge in [0.2, 0.25) is 17.7 Å². The van der Waals surface area contributed by atoms with E-state index in [1.807, 2.05) is 48.2 Å². The lowest BCUT2D eigenvalue weighted by Crippen LogP contribution is -2.43. The average Bonchev–Trinajstić information content (AvgIpc) is 3.54. The van der Waals surface area contributed by atoms with Gasteiger partial charge in [-0.15, -0.1) is 0 Å². The van der Waals surface area contributed by atoms with Crippen molar-refractivity contribution in [3.8, 4) is 0 Å². The molecule has 7 heteroatoms. The minimum absolute atomic E-state index is 0.0213. The summed E-state index contributed by atoms with van der Waals surface area (Å²) in [6.07, 6.45) is 5.49. The Morgan fingerprint density at radius 3 is 2.49 bits per heavy atom. The Kier molecular flexibility index (Phi) is 6.21. The molecule has 0 N–H and O–H groups in total. The highest BCUT2D eigenvalue weighted by molar-refractivity contribution is 6.10. The first kappa shape index (κ1) is 23.7. The molecule has 7 nitrogen and oxygen atoms in total. The summed E-state index contributed by atoms with van der Waals surface area (Å²) in [6.45, 7) is 8.96. The van der Waals surface area contributed by atoms with E-state index in [2.05, 4.69) is 16.8 Å². The third kappa shape index (κ3) is 4.27. The van der Waals surface area contributed by atoms with Crippen molar-refractivity contribution in [2.24, 2.45) is 5.41 Å². The van der Waals surface area contributed by atoms with Crippen LogP contribution in [0, 0.1) is 12.3 Å². The van der Waals surface area contributed by atoms with Crippen molar-refractivity contribution in [3.05, 3.63) is 65.5 Å². The Labute approximate surface area is 207 Å². The second kappa shape index (κ2) is 9.19. The van der Waals surface area contributed by atoms with E-state index in [-0.39, 0.29) is 42.5 Å². The van der Waals surface area contributed by atoms with Gasteiger partial charge < -0.3 is 9.80 Å². The fraction of sp³-hybridized carbons (Fsp3) is 0.500. The number of carbonyl (C=O) groups excluding carboxylic acids is 3. The maximum absolute atomic E-state index is 14.0. The number of pyridine rings is 1. The van der Waals surface area contributed by atoms with Gasteiger partial charge in [0.15, 0.2) is 0 Å². The smallest absolute Gasteiger partial charge is 0.241 e. The molecular formula is C28H34N4O3. The summed E-state index contributed by atoms with van der Waals surface area (Å²) in [7, 11) is 0. The molecule has 3 saturated heterocycles. The van der Waals surface area contributed by atoms with Crippen molar-refractivity contribution >= 4 is 17.7 Å². The van der Waals surface area contributed by atoms with Gasteiger partial charge in [-0.05, 0) is 61.7 Å². The van der Waals surface area contributed by atoms with E-state index in [4.69, 9.17) is 0 Å². The van der Waals surface area contributed by atoms with Crippen LogP contribution in [0.5, 0.6) is 0 Å². The van der Waals surface area contributed by atoms with Crippen LogP contribution < -0.4 is 0 Å². The van der Waals surface area contributed by atoms with Crippen molar-refractivity contribution < 1.29 is 14.4 Å². The molecule has 184 valence electrons. The molecule has 3 amide bonds. The minimum atomic E-state index is -1.16. The third-order valence-electron chi connectivity index (χ3n) is 8.37. The van der Waals surface area contributed by atoms with Gasteiger partial charge in [0, 0.05) is 50.3 Å². The molecule has 0 aliphatic carbocycles. The molecule has 1 spiro atoms. The van der Waals surface area contributed by atoms with Crippen LogP contribution in [0.1, 0.15) is 49.3 Å². The molecular weight excluding hydrogens is 440 g/mol. The molecule has 0 saturated carbocycles. The van der Waals surface area contributed by atoms with Gasteiger partial charge in [-0.3, -0.25) is 24.3 Å². The van der Waals surface area contributed by atoms with Crippen LogP contribution in [-0.4, -0.2) is 70.1 Å². The van der Waals surface area contributed by atoms with Gasteiger partial charge >= 0.3 is 0 Å². The van der Waals surface area contributed by atoms with Gasteiger partial charge in [0.1, 0.15) is 0 Å². The summed E-state index contributed by atoms with van der Waals surface area (Å²) in [6, 6.07) is 11.3. The Hall–Kier alpha value is -3.06. The number of rotatable bonds is 6. The van der Waals surface area contributed by atoms with Gasteiger partial charge in [0.05, 0.1) is 12.0 Å². The van der Waals surface area contributed by atoms with Crippen LogP contribution >= 0.6 is 0 Å². The lowest BCUT2D eigenvalue weighted by molar-refractivity contribution is -0.143. The molecule has 1 aromatic heterocycles. The van der Waals surface area contributed by atoms with E-state index < -0.39 is 5.41 Å². The molecule has 0 unspecified atom stereocenters. The number of hydrogen-bond acceptors (Lipinski definition) is 5. The number of hydrogen-bond donors (Lipinski definition) is 0. The van der Waals surface area contributed by atoms with Crippen molar-refractivity contribution in [2.75, 3.05) is 32.7 Å². The van der Waals surface area contributed by atoms with Crippen molar-refractivity contribution in [3.63, 3.8) is 0 Å². The average molecular weight is 475 g/mol. The largest absolute Gasteiger partial charge is 0.342 e. The molecule has 0 bridgehead atoms. The Morgan fingerprint density at radius 1 is 1.03 bits per heavy atom. The van der Waals surface area contributed by atoms with Crippen molar-refractivity contribution in [1.29, 1.82) is 0 Å². The van der Waals surface area contributed by atoms with Crippen LogP contribution in [-0.2, 0) is 26.3 Å². The SMILES string of the molecule is CCN1CC[C@@]2(CCN(C(=O)C[C@@]3(c4ccccc4C)CC(=O)N(Cc4ccncc4)C3=O)C2)C1. The number of benzene rings is 1.